The predicted molar refractivity (Wildman–Crippen MR) is 106 cm³/mol. The number of nitrogens with zero attached hydrogens (tertiary/aromatic N) is 3. The smallest absolute Gasteiger partial charge is 0.437 e. The molecule has 0 atom stereocenters. The maximum absolute atomic E-state index is 14.8. The van der Waals surface area contributed by atoms with Crippen LogP contribution in [-0.2, 0) is 11.3 Å². The summed E-state index contributed by atoms with van der Waals surface area (Å²) in [4.78, 5) is 20.7. The highest BCUT2D eigenvalue weighted by atomic mass is 19.1. The van der Waals surface area contributed by atoms with Crippen LogP contribution in [0.4, 0.5) is 19.4 Å². The van der Waals surface area contributed by atoms with Gasteiger partial charge in [-0.2, -0.15) is 0 Å². The van der Waals surface area contributed by atoms with E-state index in [1.165, 1.54) is 24.4 Å². The molecular weight excluding hydrogens is 380 g/mol. The molecular formula is C20H23F2N5O2. The van der Waals surface area contributed by atoms with Crippen LogP contribution in [0.2, 0.25) is 0 Å². The van der Waals surface area contributed by atoms with Gasteiger partial charge in [0.1, 0.15) is 12.4 Å². The summed E-state index contributed by atoms with van der Waals surface area (Å²) in [6.07, 6.45) is 1.42. The number of hydrogen-bond acceptors (Lipinski definition) is 4. The third-order valence-electron chi connectivity index (χ3n) is 5.08. The first-order chi connectivity index (χ1) is 13.7. The molecule has 0 spiro atoms. The summed E-state index contributed by atoms with van der Waals surface area (Å²) in [5.74, 6) is -1.33. The number of ether oxygens (including phenoxy) is 1. The Labute approximate surface area is 167 Å². The Morgan fingerprint density at radius 2 is 2.07 bits per heavy atom. The number of carbonyl (C=O) groups excluding carboxylic acids is 1. The molecule has 154 valence electrons. The van der Waals surface area contributed by atoms with E-state index in [-0.39, 0.29) is 29.0 Å². The number of pyridine rings is 1. The number of aromatic nitrogens is 1. The Morgan fingerprint density at radius 3 is 2.69 bits per heavy atom. The third kappa shape index (κ3) is 4.44. The Kier molecular flexibility index (Phi) is 5.67. The van der Waals surface area contributed by atoms with Gasteiger partial charge in [-0.05, 0) is 12.5 Å². The summed E-state index contributed by atoms with van der Waals surface area (Å²) >= 11 is 0. The van der Waals surface area contributed by atoms with Crippen LogP contribution >= 0.6 is 0 Å². The Balaban J connectivity index is 1.78. The van der Waals surface area contributed by atoms with E-state index in [9.17, 15) is 13.6 Å². The van der Waals surface area contributed by atoms with Gasteiger partial charge in [-0.15, -0.1) is 4.99 Å². The summed E-state index contributed by atoms with van der Waals surface area (Å²) in [6, 6.07) is 5.80. The highest BCUT2D eigenvalue weighted by molar-refractivity contribution is 5.87. The van der Waals surface area contributed by atoms with Crippen molar-refractivity contribution in [1.29, 1.82) is 0 Å². The van der Waals surface area contributed by atoms with Gasteiger partial charge >= 0.3 is 6.09 Å². The molecule has 1 aromatic carbocycles. The number of benzene rings is 1. The van der Waals surface area contributed by atoms with Crippen LogP contribution in [0.25, 0.3) is 11.1 Å². The summed E-state index contributed by atoms with van der Waals surface area (Å²) in [5.41, 5.74) is 10.9. The number of guanidine groups is 1. The van der Waals surface area contributed by atoms with Crippen molar-refractivity contribution < 1.29 is 18.3 Å². The first-order valence-corrected chi connectivity index (χ1v) is 9.17. The van der Waals surface area contributed by atoms with E-state index in [0.29, 0.717) is 5.56 Å². The van der Waals surface area contributed by atoms with Gasteiger partial charge in [-0.1, -0.05) is 32.0 Å². The second-order valence-corrected chi connectivity index (χ2v) is 7.42. The van der Waals surface area contributed by atoms with Gasteiger partial charge in [0, 0.05) is 41.4 Å². The number of amides is 1. The fourth-order valence-corrected chi connectivity index (χ4v) is 3.25. The average molecular weight is 403 g/mol. The van der Waals surface area contributed by atoms with Crippen molar-refractivity contribution >= 4 is 17.9 Å². The van der Waals surface area contributed by atoms with E-state index in [1.807, 2.05) is 4.90 Å². The first-order valence-electron chi connectivity index (χ1n) is 9.17. The van der Waals surface area contributed by atoms with Gasteiger partial charge in [0.2, 0.25) is 0 Å². The quantitative estimate of drug-likeness (QED) is 0.587. The molecule has 1 saturated heterocycles. The Bertz CT molecular complexity index is 954. The molecule has 1 fully saturated rings. The summed E-state index contributed by atoms with van der Waals surface area (Å²) < 4.78 is 34.3. The zero-order valence-electron chi connectivity index (χ0n) is 16.3. The molecule has 9 heteroatoms. The molecule has 0 saturated carbocycles. The van der Waals surface area contributed by atoms with Crippen molar-refractivity contribution in [3.8, 4) is 11.1 Å². The van der Waals surface area contributed by atoms with Crippen LogP contribution in [0.1, 0.15) is 25.8 Å². The SMILES string of the molecule is CCC1(C)CN(c2ncc(-c3cccc(COC(=O)N=C(N)N)c3F)cc2F)C1. The molecule has 2 aromatic rings. The standard InChI is InChI=1S/C20H23F2N5O2/c1-3-20(2)10-27(11-20)17-15(21)7-13(8-25-17)14-6-4-5-12(16(14)22)9-29-19(28)26-18(23)24/h4-8H,3,9-11H2,1-2H3,(H4,23,24,26,28). The molecule has 1 aliphatic heterocycles. The van der Waals surface area contributed by atoms with E-state index >= 15 is 0 Å². The fourth-order valence-electron chi connectivity index (χ4n) is 3.25. The number of nitrogens with two attached hydrogens (primary N) is 2. The predicted octanol–water partition coefficient (Wildman–Crippen LogP) is 3.17. The highest BCUT2D eigenvalue weighted by Gasteiger charge is 2.38. The molecule has 4 N–H and O–H groups in total. The van der Waals surface area contributed by atoms with Crippen molar-refractivity contribution in [2.24, 2.45) is 21.9 Å². The number of aliphatic imine (C=N–C) groups is 1. The van der Waals surface area contributed by atoms with Crippen LogP contribution in [0.15, 0.2) is 35.5 Å². The van der Waals surface area contributed by atoms with Gasteiger partial charge in [0.15, 0.2) is 17.6 Å². The number of hydrogen-bond donors (Lipinski definition) is 2. The topological polar surface area (TPSA) is 107 Å². The number of rotatable bonds is 5. The van der Waals surface area contributed by atoms with Crippen LogP contribution in [0, 0.1) is 17.0 Å². The normalized spacial score (nSPS) is 14.8. The van der Waals surface area contributed by atoms with Crippen molar-refractivity contribution in [3.63, 3.8) is 0 Å². The van der Waals surface area contributed by atoms with Gasteiger partial charge < -0.3 is 21.1 Å². The van der Waals surface area contributed by atoms with Crippen molar-refractivity contribution in [3.05, 3.63) is 47.7 Å². The van der Waals surface area contributed by atoms with Crippen molar-refractivity contribution in [2.75, 3.05) is 18.0 Å². The Morgan fingerprint density at radius 1 is 1.34 bits per heavy atom. The number of halogens is 2. The number of carbonyl (C=O) groups is 1. The lowest BCUT2D eigenvalue weighted by Crippen LogP contribution is -2.55. The highest BCUT2D eigenvalue weighted by Crippen LogP contribution is 2.37. The zero-order valence-corrected chi connectivity index (χ0v) is 16.3. The molecule has 1 aliphatic rings. The maximum Gasteiger partial charge on any atom is 0.437 e. The summed E-state index contributed by atoms with van der Waals surface area (Å²) in [7, 11) is 0. The lowest BCUT2D eigenvalue weighted by Gasteiger charge is -2.48. The van der Waals surface area contributed by atoms with E-state index in [0.717, 1.165) is 19.5 Å². The monoisotopic (exact) mass is 403 g/mol. The second-order valence-electron chi connectivity index (χ2n) is 7.42. The van der Waals surface area contributed by atoms with E-state index in [4.69, 9.17) is 16.2 Å². The molecule has 0 unspecified atom stereocenters. The molecule has 1 aromatic heterocycles. The van der Waals surface area contributed by atoms with Crippen LogP contribution in [0.3, 0.4) is 0 Å². The molecule has 0 radical (unpaired) electrons. The minimum absolute atomic E-state index is 0.104. The lowest BCUT2D eigenvalue weighted by atomic mass is 9.79. The van der Waals surface area contributed by atoms with Crippen LogP contribution in [0.5, 0.6) is 0 Å². The zero-order chi connectivity index (χ0) is 21.2. The lowest BCUT2D eigenvalue weighted by molar-refractivity contribution is 0.149. The second kappa shape index (κ2) is 8.02. The number of anilines is 1. The minimum Gasteiger partial charge on any atom is -0.443 e. The largest absolute Gasteiger partial charge is 0.443 e. The van der Waals surface area contributed by atoms with Gasteiger partial charge in [0.25, 0.3) is 0 Å². The fraction of sp³-hybridized carbons (Fsp3) is 0.350. The molecule has 2 heterocycles. The maximum atomic E-state index is 14.8. The summed E-state index contributed by atoms with van der Waals surface area (Å²) in [6.45, 7) is 5.35. The van der Waals surface area contributed by atoms with Crippen LogP contribution < -0.4 is 16.4 Å². The molecule has 1 amide bonds. The first kappa shape index (κ1) is 20.5. The van der Waals surface area contributed by atoms with E-state index < -0.39 is 23.7 Å². The van der Waals surface area contributed by atoms with Crippen LogP contribution in [-0.4, -0.2) is 30.1 Å². The van der Waals surface area contributed by atoms with E-state index in [1.54, 1.807) is 6.07 Å². The molecule has 0 aliphatic carbocycles. The van der Waals surface area contributed by atoms with Gasteiger partial charge in [-0.3, -0.25) is 0 Å². The molecule has 0 bridgehead atoms. The van der Waals surface area contributed by atoms with E-state index in [2.05, 4.69) is 23.8 Å². The average Bonchev–Trinajstić information content (AvgIpc) is 2.64. The molecule has 3 rings (SSSR count). The Hall–Kier alpha value is -3.23. The van der Waals surface area contributed by atoms with Crippen molar-refractivity contribution in [2.45, 2.75) is 26.9 Å². The van der Waals surface area contributed by atoms with Crippen molar-refractivity contribution in [1.82, 2.24) is 4.98 Å². The third-order valence-corrected chi connectivity index (χ3v) is 5.08. The minimum atomic E-state index is -1.03. The van der Waals surface area contributed by atoms with Gasteiger partial charge in [0.05, 0.1) is 0 Å². The molecule has 7 nitrogen and oxygen atoms in total. The summed E-state index contributed by atoms with van der Waals surface area (Å²) in [5, 5.41) is 0. The van der Waals surface area contributed by atoms with Gasteiger partial charge in [-0.25, -0.2) is 18.6 Å². The molecule has 29 heavy (non-hydrogen) atoms.